The molecule has 312 valence electrons. The van der Waals surface area contributed by atoms with E-state index >= 15 is 0 Å². The van der Waals surface area contributed by atoms with E-state index in [2.05, 4.69) is 15.4 Å². The van der Waals surface area contributed by atoms with Gasteiger partial charge in [-0.25, -0.2) is 18.2 Å². The van der Waals surface area contributed by atoms with Gasteiger partial charge in [0.1, 0.15) is 41.3 Å². The molecule has 1 aromatic heterocycles. The van der Waals surface area contributed by atoms with Gasteiger partial charge in [0.05, 0.1) is 29.6 Å². The molecule has 3 N–H and O–H groups in total. The van der Waals surface area contributed by atoms with Crippen molar-refractivity contribution in [2.75, 3.05) is 13.7 Å². The van der Waals surface area contributed by atoms with E-state index in [4.69, 9.17) is 19.2 Å². The maximum atomic E-state index is 14.7. The first kappa shape index (κ1) is 42.2. The van der Waals surface area contributed by atoms with Gasteiger partial charge in [-0.05, 0) is 109 Å². The lowest BCUT2D eigenvalue weighted by Crippen LogP contribution is -2.62. The van der Waals surface area contributed by atoms with Crippen LogP contribution < -0.4 is 24.8 Å². The van der Waals surface area contributed by atoms with Gasteiger partial charge in [0.2, 0.25) is 21.8 Å². The highest BCUT2D eigenvalue weighted by molar-refractivity contribution is 7.91. The third-order valence-electron chi connectivity index (χ3n) is 12.3. The molecule has 15 heteroatoms. The highest BCUT2D eigenvalue weighted by atomic mass is 32.2. The van der Waals surface area contributed by atoms with E-state index in [9.17, 15) is 27.6 Å². The zero-order valence-electron chi connectivity index (χ0n) is 34.1. The molecule has 0 radical (unpaired) electrons. The third kappa shape index (κ3) is 9.34. The number of carbonyl (C=O) groups is 4. The van der Waals surface area contributed by atoms with Gasteiger partial charge in [-0.1, -0.05) is 38.8 Å². The Hall–Kier alpha value is -4.40. The number of carbonyl (C=O) groups excluding carboxylic acids is 4. The normalized spacial score (nSPS) is 28.1. The van der Waals surface area contributed by atoms with Gasteiger partial charge in [-0.3, -0.25) is 19.1 Å². The molecule has 2 aliphatic carbocycles. The first-order valence-corrected chi connectivity index (χ1v) is 22.0. The molecule has 6 atom stereocenters. The quantitative estimate of drug-likeness (QED) is 0.273. The van der Waals surface area contributed by atoms with Crippen LogP contribution in [0.15, 0.2) is 30.4 Å². The second-order valence-electron chi connectivity index (χ2n) is 16.8. The SMILES string of the molecule is CCc1c(OC2CC3C(=O)NC(C)(C(=O)NS(=O)(=O)C4(C)CC4)CC=CCCCCCC(NC(=O)OC4CCCC4C)C(=O)N3C2)c(C)nc2ccc(OC)cc12. The van der Waals surface area contributed by atoms with Crippen molar-refractivity contribution in [1.29, 1.82) is 0 Å². The van der Waals surface area contributed by atoms with E-state index in [0.717, 1.165) is 48.6 Å². The van der Waals surface area contributed by atoms with E-state index in [1.165, 1.54) is 11.8 Å². The summed E-state index contributed by atoms with van der Waals surface area (Å²) in [4.78, 5) is 62.7. The summed E-state index contributed by atoms with van der Waals surface area (Å²) in [5, 5.41) is 6.57. The van der Waals surface area contributed by atoms with E-state index in [1.54, 1.807) is 20.1 Å². The summed E-state index contributed by atoms with van der Waals surface area (Å²) >= 11 is 0. The van der Waals surface area contributed by atoms with Gasteiger partial charge in [-0.2, -0.15) is 0 Å². The maximum absolute atomic E-state index is 14.7. The molecule has 6 rings (SSSR count). The van der Waals surface area contributed by atoms with E-state index in [-0.39, 0.29) is 31.4 Å². The number of alkyl carbamates (subject to hydrolysis) is 1. The molecule has 4 amide bonds. The number of fused-ring (bicyclic) bond motifs is 2. The summed E-state index contributed by atoms with van der Waals surface area (Å²) in [6.45, 7) is 9.02. The molecule has 3 heterocycles. The third-order valence-corrected chi connectivity index (χ3v) is 14.5. The van der Waals surface area contributed by atoms with Crippen LogP contribution in [0.4, 0.5) is 4.79 Å². The van der Waals surface area contributed by atoms with Crippen molar-refractivity contribution < 1.29 is 41.8 Å². The van der Waals surface area contributed by atoms with Gasteiger partial charge in [0.25, 0.3) is 5.91 Å². The number of hydrogen-bond donors (Lipinski definition) is 3. The Morgan fingerprint density at radius 2 is 1.82 bits per heavy atom. The molecule has 4 aliphatic rings. The van der Waals surface area contributed by atoms with Crippen LogP contribution in [0.2, 0.25) is 0 Å². The van der Waals surface area contributed by atoms with E-state index in [0.29, 0.717) is 55.7 Å². The highest BCUT2D eigenvalue weighted by Gasteiger charge is 2.53. The number of ether oxygens (including phenoxy) is 3. The van der Waals surface area contributed by atoms with E-state index < -0.39 is 62.3 Å². The lowest BCUT2D eigenvalue weighted by molar-refractivity contribution is -0.142. The molecule has 57 heavy (non-hydrogen) atoms. The molecule has 6 unspecified atom stereocenters. The number of aromatic nitrogens is 1. The maximum Gasteiger partial charge on any atom is 0.408 e. The van der Waals surface area contributed by atoms with Crippen LogP contribution in [0.25, 0.3) is 10.9 Å². The average Bonchev–Trinajstić information content (AvgIpc) is 3.60. The van der Waals surface area contributed by atoms with Crippen molar-refractivity contribution in [3.63, 3.8) is 0 Å². The van der Waals surface area contributed by atoms with Crippen LogP contribution in [0.3, 0.4) is 0 Å². The summed E-state index contributed by atoms with van der Waals surface area (Å²) in [6.07, 6.45) is 9.59. The number of sulfonamides is 1. The summed E-state index contributed by atoms with van der Waals surface area (Å²) in [5.41, 5.74) is 0.659. The molecule has 14 nitrogen and oxygen atoms in total. The molecule has 2 aliphatic heterocycles. The minimum absolute atomic E-state index is 0.0120. The first-order valence-electron chi connectivity index (χ1n) is 20.5. The second kappa shape index (κ2) is 17.2. The highest BCUT2D eigenvalue weighted by Crippen LogP contribution is 2.42. The Labute approximate surface area is 336 Å². The molecular weight excluding hydrogens is 751 g/mol. The van der Waals surface area contributed by atoms with Crippen LogP contribution in [-0.2, 0) is 35.6 Å². The molecule has 0 bridgehead atoms. The van der Waals surface area contributed by atoms with E-state index in [1.807, 2.05) is 45.0 Å². The Morgan fingerprint density at radius 1 is 1.05 bits per heavy atom. The number of nitrogens with one attached hydrogen (secondary N) is 3. The Bertz CT molecular complexity index is 2000. The lowest BCUT2D eigenvalue weighted by Gasteiger charge is -2.33. The van der Waals surface area contributed by atoms with Crippen molar-refractivity contribution in [2.24, 2.45) is 5.92 Å². The van der Waals surface area contributed by atoms with Crippen molar-refractivity contribution in [1.82, 2.24) is 25.2 Å². The molecular formula is C42H59N5O9S. The molecule has 2 aromatic rings. The standard InChI is InChI=1S/C42H59N5O9S/c1-7-30-31-23-28(54-6)18-19-32(31)43-27(3)36(30)55-29-24-34-37(48)45-42(5,39(50)46-57(52,53)41(4)21-22-41)20-13-11-9-8-10-12-16-33(38(49)47(34)25-29)44-40(51)56-35-17-14-15-26(35)2/h11,13,18-19,23,26,29,33-35H,7-10,12,14-17,20-22,24-25H2,1-6H3,(H,44,51)(H,45,48)(H,46,50). The zero-order chi connectivity index (χ0) is 41.1. The van der Waals surface area contributed by atoms with Crippen molar-refractivity contribution in [3.05, 3.63) is 41.6 Å². The molecule has 1 saturated heterocycles. The fourth-order valence-corrected chi connectivity index (χ4v) is 9.60. The Morgan fingerprint density at radius 3 is 2.51 bits per heavy atom. The minimum Gasteiger partial charge on any atom is -0.497 e. The molecule has 0 spiro atoms. The molecule has 2 saturated carbocycles. The van der Waals surface area contributed by atoms with Crippen molar-refractivity contribution in [2.45, 2.75) is 153 Å². The summed E-state index contributed by atoms with van der Waals surface area (Å²) in [7, 11) is -2.42. The van der Waals surface area contributed by atoms with Gasteiger partial charge < -0.3 is 29.7 Å². The number of amides is 4. The van der Waals surface area contributed by atoms with Crippen LogP contribution >= 0.6 is 0 Å². The topological polar surface area (TPSA) is 182 Å². The van der Waals surface area contributed by atoms with Gasteiger partial charge >= 0.3 is 6.09 Å². The Kier molecular flexibility index (Phi) is 12.7. The number of aryl methyl sites for hydroxylation is 2. The molecule has 3 fully saturated rings. The fourth-order valence-electron chi connectivity index (χ4n) is 8.24. The number of rotatable bonds is 9. The first-order chi connectivity index (χ1) is 27.1. The number of hydrogen-bond acceptors (Lipinski definition) is 10. The van der Waals surface area contributed by atoms with Crippen molar-refractivity contribution in [3.8, 4) is 11.5 Å². The summed E-state index contributed by atoms with van der Waals surface area (Å²) in [5.74, 6) is -0.520. The number of pyridine rings is 1. The second-order valence-corrected chi connectivity index (χ2v) is 19.0. The van der Waals surface area contributed by atoms with Gasteiger partial charge in [0, 0.05) is 17.4 Å². The number of nitrogens with zero attached hydrogens (tertiary/aromatic N) is 2. The number of benzene rings is 1. The van der Waals surface area contributed by atoms with Crippen molar-refractivity contribution >= 4 is 44.7 Å². The monoisotopic (exact) mass is 809 g/mol. The lowest BCUT2D eigenvalue weighted by atomic mass is 9.95. The predicted octanol–water partition coefficient (Wildman–Crippen LogP) is 5.53. The largest absolute Gasteiger partial charge is 0.497 e. The van der Waals surface area contributed by atoms with Crippen LogP contribution in [0, 0.1) is 12.8 Å². The van der Waals surface area contributed by atoms with Gasteiger partial charge in [0.15, 0.2) is 0 Å². The molecule has 1 aromatic carbocycles. The summed E-state index contributed by atoms with van der Waals surface area (Å²) < 4.78 is 45.6. The van der Waals surface area contributed by atoms with Crippen LogP contribution in [0.5, 0.6) is 11.5 Å². The predicted molar refractivity (Wildman–Crippen MR) is 215 cm³/mol. The summed E-state index contributed by atoms with van der Waals surface area (Å²) in [6, 6.07) is 3.56. The average molecular weight is 810 g/mol. The number of allylic oxidation sites excluding steroid dienone is 1. The van der Waals surface area contributed by atoms with Crippen LogP contribution in [-0.4, -0.2) is 90.3 Å². The Balaban J connectivity index is 1.33. The smallest absolute Gasteiger partial charge is 0.408 e. The number of methoxy groups -OCH3 is 1. The zero-order valence-corrected chi connectivity index (χ0v) is 35.0. The van der Waals surface area contributed by atoms with Gasteiger partial charge in [-0.15, -0.1) is 0 Å². The van der Waals surface area contributed by atoms with Crippen LogP contribution in [0.1, 0.15) is 116 Å². The minimum atomic E-state index is -4.01. The fraction of sp³-hybridized carbons (Fsp3) is 0.643.